The van der Waals surface area contributed by atoms with Crippen LogP contribution in [-0.4, -0.2) is 24.2 Å². The van der Waals surface area contributed by atoms with Crippen molar-refractivity contribution in [2.24, 2.45) is 10.2 Å². The molecule has 4 aromatic carbocycles. The van der Waals surface area contributed by atoms with E-state index in [0.29, 0.717) is 19.6 Å². The molecular formula is C33H32N4O4. The zero-order valence-electron chi connectivity index (χ0n) is 22.6. The summed E-state index contributed by atoms with van der Waals surface area (Å²) in [7, 11) is 0. The summed E-state index contributed by atoms with van der Waals surface area (Å²) in [4.78, 5) is 24.1. The molecular weight excluding hydrogens is 516 g/mol. The Morgan fingerprint density at radius 3 is 1.34 bits per heavy atom. The van der Waals surface area contributed by atoms with Gasteiger partial charge in [-0.15, -0.1) is 0 Å². The van der Waals surface area contributed by atoms with Crippen LogP contribution >= 0.6 is 0 Å². The molecule has 2 N–H and O–H groups in total. The van der Waals surface area contributed by atoms with Gasteiger partial charge in [0.2, 0.25) is 11.8 Å². The van der Waals surface area contributed by atoms with Gasteiger partial charge in [0.15, 0.2) is 0 Å². The fraction of sp³-hybridized carbons (Fsp3) is 0.152. The van der Waals surface area contributed by atoms with Gasteiger partial charge in [0.05, 0.1) is 12.4 Å². The summed E-state index contributed by atoms with van der Waals surface area (Å²) >= 11 is 0. The molecule has 0 atom stereocenters. The molecule has 208 valence electrons. The second-order valence-corrected chi connectivity index (χ2v) is 9.13. The highest BCUT2D eigenvalue weighted by atomic mass is 16.5. The number of hydrogen-bond donors (Lipinski definition) is 2. The number of nitrogens with zero attached hydrogens (tertiary/aromatic N) is 2. The van der Waals surface area contributed by atoms with Gasteiger partial charge >= 0.3 is 0 Å². The van der Waals surface area contributed by atoms with E-state index in [1.54, 1.807) is 12.4 Å². The molecule has 0 saturated carbocycles. The summed E-state index contributed by atoms with van der Waals surface area (Å²) in [5.41, 5.74) is 8.80. The molecule has 8 heteroatoms. The highest BCUT2D eigenvalue weighted by Crippen LogP contribution is 2.14. The lowest BCUT2D eigenvalue weighted by Crippen LogP contribution is -2.20. The van der Waals surface area contributed by atoms with Crippen LogP contribution in [0.15, 0.2) is 119 Å². The fourth-order valence-corrected chi connectivity index (χ4v) is 3.66. The highest BCUT2D eigenvalue weighted by molar-refractivity contribution is 5.84. The van der Waals surface area contributed by atoms with Crippen LogP contribution in [0, 0.1) is 0 Å². The first-order valence-electron chi connectivity index (χ1n) is 13.3. The van der Waals surface area contributed by atoms with Crippen molar-refractivity contribution in [2.75, 3.05) is 0 Å². The number of carbonyl (C=O) groups excluding carboxylic acids is 2. The second kappa shape index (κ2) is 16.0. The number of benzene rings is 4. The van der Waals surface area contributed by atoms with Gasteiger partial charge in [-0.25, -0.2) is 10.9 Å². The van der Waals surface area contributed by atoms with E-state index in [-0.39, 0.29) is 24.7 Å². The van der Waals surface area contributed by atoms with Crippen LogP contribution in [0.3, 0.4) is 0 Å². The third-order valence-corrected chi connectivity index (χ3v) is 5.87. The Hall–Kier alpha value is -5.24. The summed E-state index contributed by atoms with van der Waals surface area (Å²) in [5.74, 6) is 0.962. The largest absolute Gasteiger partial charge is 0.489 e. The van der Waals surface area contributed by atoms with Gasteiger partial charge in [0, 0.05) is 12.8 Å². The lowest BCUT2D eigenvalue weighted by atomic mass is 10.2. The molecule has 0 bridgehead atoms. The number of rotatable bonds is 14. The molecule has 2 amide bonds. The number of amides is 2. The molecule has 0 saturated heterocycles. The fourth-order valence-electron chi connectivity index (χ4n) is 3.66. The summed E-state index contributed by atoms with van der Waals surface area (Å²) in [6, 6.07) is 34.7. The summed E-state index contributed by atoms with van der Waals surface area (Å²) in [6.07, 6.45) is 3.84. The summed E-state index contributed by atoms with van der Waals surface area (Å²) in [5, 5.41) is 7.96. The number of ether oxygens (including phenoxy) is 2. The minimum absolute atomic E-state index is 0.172. The van der Waals surface area contributed by atoms with E-state index in [4.69, 9.17) is 9.47 Å². The molecule has 41 heavy (non-hydrogen) atoms. The van der Waals surface area contributed by atoms with Crippen molar-refractivity contribution in [3.8, 4) is 11.5 Å². The smallest absolute Gasteiger partial charge is 0.240 e. The molecule has 0 aliphatic heterocycles. The first kappa shape index (κ1) is 28.8. The Balaban J connectivity index is 1.07. The molecule has 0 fully saturated rings. The zero-order valence-corrected chi connectivity index (χ0v) is 22.6. The average molecular weight is 549 g/mol. The molecule has 0 aromatic heterocycles. The van der Waals surface area contributed by atoms with E-state index in [1.807, 2.05) is 109 Å². The Labute approximate surface area is 239 Å². The van der Waals surface area contributed by atoms with Gasteiger partial charge in [-0.3, -0.25) is 9.59 Å². The molecule has 8 nitrogen and oxygen atoms in total. The first-order valence-corrected chi connectivity index (χ1v) is 13.3. The van der Waals surface area contributed by atoms with Crippen LogP contribution in [0.2, 0.25) is 0 Å². The summed E-state index contributed by atoms with van der Waals surface area (Å²) < 4.78 is 11.5. The molecule has 0 heterocycles. The Kier molecular flexibility index (Phi) is 11.2. The van der Waals surface area contributed by atoms with Crippen molar-refractivity contribution in [3.05, 3.63) is 131 Å². The second-order valence-electron chi connectivity index (χ2n) is 9.13. The van der Waals surface area contributed by atoms with E-state index in [9.17, 15) is 9.59 Å². The third-order valence-electron chi connectivity index (χ3n) is 5.87. The van der Waals surface area contributed by atoms with E-state index in [2.05, 4.69) is 21.1 Å². The van der Waals surface area contributed by atoms with Crippen LogP contribution in [-0.2, 0) is 22.8 Å². The minimum atomic E-state index is -0.269. The van der Waals surface area contributed by atoms with Crippen molar-refractivity contribution in [2.45, 2.75) is 32.5 Å². The van der Waals surface area contributed by atoms with E-state index < -0.39 is 0 Å². The number of nitrogens with one attached hydrogen (secondary N) is 2. The highest BCUT2D eigenvalue weighted by Gasteiger charge is 2.04. The first-order chi connectivity index (χ1) is 20.1. The predicted octanol–water partition coefficient (Wildman–Crippen LogP) is 5.62. The van der Waals surface area contributed by atoms with Gasteiger partial charge in [0.1, 0.15) is 24.7 Å². The van der Waals surface area contributed by atoms with Crippen molar-refractivity contribution in [1.29, 1.82) is 0 Å². The van der Waals surface area contributed by atoms with Crippen LogP contribution in [0.5, 0.6) is 11.5 Å². The molecule has 0 aliphatic rings. The zero-order chi connectivity index (χ0) is 28.5. The molecule has 0 unspecified atom stereocenters. The molecule has 4 aromatic rings. The molecule has 0 radical (unpaired) electrons. The number of hydrogen-bond acceptors (Lipinski definition) is 6. The minimum Gasteiger partial charge on any atom is -0.489 e. The average Bonchev–Trinajstić information content (AvgIpc) is 3.01. The monoisotopic (exact) mass is 548 g/mol. The SMILES string of the molecule is O=C(CCCC(=O)N/N=C/c1ccc(OCc2ccccc2)cc1)NN=Cc1ccc(OCc2ccccc2)cc1. The number of hydrazone groups is 2. The lowest BCUT2D eigenvalue weighted by Gasteiger charge is -2.06. The topological polar surface area (TPSA) is 101 Å². The van der Waals surface area contributed by atoms with Crippen LogP contribution in [0.4, 0.5) is 0 Å². The van der Waals surface area contributed by atoms with Crippen LogP contribution < -0.4 is 20.3 Å². The van der Waals surface area contributed by atoms with Gasteiger partial charge in [-0.1, -0.05) is 60.7 Å². The molecule has 4 rings (SSSR count). The van der Waals surface area contributed by atoms with E-state index in [1.165, 1.54) is 0 Å². The third kappa shape index (κ3) is 10.8. The summed E-state index contributed by atoms with van der Waals surface area (Å²) in [6.45, 7) is 0.989. The molecule has 0 aliphatic carbocycles. The van der Waals surface area contributed by atoms with Crippen molar-refractivity contribution >= 4 is 24.2 Å². The van der Waals surface area contributed by atoms with Gasteiger partial charge < -0.3 is 9.47 Å². The van der Waals surface area contributed by atoms with Gasteiger partial charge in [-0.2, -0.15) is 10.2 Å². The maximum Gasteiger partial charge on any atom is 0.240 e. The Morgan fingerprint density at radius 2 is 0.951 bits per heavy atom. The van der Waals surface area contributed by atoms with Crippen LogP contribution in [0.25, 0.3) is 0 Å². The Bertz CT molecular complexity index is 1310. The predicted molar refractivity (Wildman–Crippen MR) is 160 cm³/mol. The van der Waals surface area contributed by atoms with Crippen molar-refractivity contribution < 1.29 is 19.1 Å². The maximum absolute atomic E-state index is 12.0. The quantitative estimate of drug-likeness (QED) is 0.158. The van der Waals surface area contributed by atoms with Gasteiger partial charge in [-0.05, 0) is 77.2 Å². The maximum atomic E-state index is 12.0. The Morgan fingerprint density at radius 1 is 0.561 bits per heavy atom. The molecule has 0 spiro atoms. The standard InChI is InChI=1S/C33H32N4O4/c38-32(36-34-22-26-14-18-30(19-15-26)40-24-28-8-3-1-4-9-28)12-7-13-33(39)37-35-23-27-16-20-31(21-17-27)41-25-29-10-5-2-6-11-29/h1-6,8-11,14-23H,7,12-13,24-25H2,(H,36,38)(H,37,39)/b34-22+,35-23?. The van der Waals surface area contributed by atoms with Crippen molar-refractivity contribution in [1.82, 2.24) is 10.9 Å². The lowest BCUT2D eigenvalue weighted by molar-refractivity contribution is -0.122. The van der Waals surface area contributed by atoms with Gasteiger partial charge in [0.25, 0.3) is 0 Å². The number of carbonyl (C=O) groups is 2. The van der Waals surface area contributed by atoms with E-state index in [0.717, 1.165) is 33.8 Å². The van der Waals surface area contributed by atoms with E-state index >= 15 is 0 Å². The van der Waals surface area contributed by atoms with Crippen LogP contribution in [0.1, 0.15) is 41.5 Å². The normalized spacial score (nSPS) is 10.9. The van der Waals surface area contributed by atoms with Crippen molar-refractivity contribution in [3.63, 3.8) is 0 Å².